The van der Waals surface area contributed by atoms with Gasteiger partial charge in [-0.05, 0) is 107 Å². The highest BCUT2D eigenvalue weighted by molar-refractivity contribution is 6.10. The molecule has 0 atom stereocenters. The average molecular weight is 890 g/mol. The summed E-state index contributed by atoms with van der Waals surface area (Å²) < 4.78 is 0. The summed E-state index contributed by atoms with van der Waals surface area (Å²) >= 11 is 0. The van der Waals surface area contributed by atoms with Gasteiger partial charge >= 0.3 is 0 Å². The van der Waals surface area contributed by atoms with Crippen molar-refractivity contribution < 1.29 is 0 Å². The minimum atomic E-state index is -0.530. The van der Waals surface area contributed by atoms with E-state index in [1.54, 1.807) is 0 Å². The third-order valence-corrected chi connectivity index (χ3v) is 14.6. The zero-order chi connectivity index (χ0) is 46.4. The van der Waals surface area contributed by atoms with Crippen LogP contribution in [0.3, 0.4) is 0 Å². The van der Waals surface area contributed by atoms with Crippen molar-refractivity contribution in [1.82, 2.24) is 0 Å². The first-order valence-corrected chi connectivity index (χ1v) is 24.3. The Morgan fingerprint density at radius 1 is 0.243 bits per heavy atom. The fourth-order valence-corrected chi connectivity index (χ4v) is 11.6. The van der Waals surface area contributed by atoms with E-state index in [2.05, 4.69) is 290 Å². The van der Waals surface area contributed by atoms with E-state index in [0.29, 0.717) is 0 Å². The van der Waals surface area contributed by atoms with Crippen molar-refractivity contribution >= 4 is 38.6 Å². The molecule has 1 aliphatic carbocycles. The highest BCUT2D eigenvalue weighted by atomic mass is 15.1. The zero-order valence-electron chi connectivity index (χ0n) is 38.6. The summed E-state index contributed by atoms with van der Waals surface area (Å²) in [5, 5.41) is 4.87. The van der Waals surface area contributed by atoms with Crippen LogP contribution in [0.1, 0.15) is 22.3 Å². The van der Waals surface area contributed by atoms with E-state index in [1.807, 2.05) is 0 Å². The Labute approximate surface area is 409 Å². The van der Waals surface area contributed by atoms with Gasteiger partial charge in [0.15, 0.2) is 0 Å². The van der Waals surface area contributed by atoms with Gasteiger partial charge < -0.3 is 4.90 Å². The largest absolute Gasteiger partial charge is 0.309 e. The van der Waals surface area contributed by atoms with Crippen molar-refractivity contribution in [2.75, 3.05) is 4.90 Å². The molecule has 0 saturated carbocycles. The predicted molar refractivity (Wildman–Crippen MR) is 295 cm³/mol. The number of benzene rings is 12. The molecule has 0 unspecified atom stereocenters. The van der Waals surface area contributed by atoms with E-state index in [-0.39, 0.29) is 0 Å². The number of para-hydroxylation sites is 3. The highest BCUT2D eigenvalue weighted by Gasteiger charge is 2.46. The van der Waals surface area contributed by atoms with E-state index in [4.69, 9.17) is 0 Å². The maximum atomic E-state index is 2.54. The van der Waals surface area contributed by atoms with Crippen LogP contribution >= 0.6 is 0 Å². The maximum Gasteiger partial charge on any atom is 0.0713 e. The van der Waals surface area contributed by atoms with Crippen LogP contribution in [0.5, 0.6) is 0 Å². The topological polar surface area (TPSA) is 3.24 Å². The molecule has 12 aromatic rings. The molecule has 0 saturated heterocycles. The molecule has 1 nitrogen and oxygen atoms in total. The second-order valence-corrected chi connectivity index (χ2v) is 18.3. The molecule has 1 heteroatoms. The molecule has 0 spiro atoms. The summed E-state index contributed by atoms with van der Waals surface area (Å²) in [7, 11) is 0. The number of fused-ring (bicyclic) bond motifs is 5. The van der Waals surface area contributed by atoms with Crippen molar-refractivity contribution in [2.45, 2.75) is 5.41 Å². The Kier molecular flexibility index (Phi) is 10.1. The summed E-state index contributed by atoms with van der Waals surface area (Å²) in [6.07, 6.45) is 0. The quantitative estimate of drug-likeness (QED) is 0.140. The molecule has 1 aliphatic rings. The van der Waals surface area contributed by atoms with Gasteiger partial charge in [0.1, 0.15) is 0 Å². The standard InChI is InChI=1S/C69H47N/c1-4-23-49(24-5-1)56-38-21-27-50-28-22-40-62(68(50)56)61-37-15-19-44-67(61)70(66-43-18-14-36-60(66)57-39-20-26-48-25-10-11-33-54(48)57)65-42-17-13-34-55(65)51-45-46-59-58-35-12-16-41-63(58)69(64(59)47-51,52-29-6-2-7-30-52)53-31-8-3-9-32-53/h1-47H. The van der Waals surface area contributed by atoms with Gasteiger partial charge in [-0.25, -0.2) is 0 Å². The first-order chi connectivity index (χ1) is 34.8. The maximum absolute atomic E-state index is 2.54. The van der Waals surface area contributed by atoms with Gasteiger partial charge in [-0.3, -0.25) is 0 Å². The Morgan fingerprint density at radius 3 is 1.36 bits per heavy atom. The minimum absolute atomic E-state index is 0.530. The molecule has 0 amide bonds. The van der Waals surface area contributed by atoms with Crippen LogP contribution in [-0.4, -0.2) is 0 Å². The van der Waals surface area contributed by atoms with Gasteiger partial charge in [0.25, 0.3) is 0 Å². The van der Waals surface area contributed by atoms with Crippen molar-refractivity contribution in [3.63, 3.8) is 0 Å². The molecule has 0 bridgehead atoms. The van der Waals surface area contributed by atoms with Crippen LogP contribution < -0.4 is 4.90 Å². The van der Waals surface area contributed by atoms with Crippen LogP contribution in [0.4, 0.5) is 17.1 Å². The number of anilines is 3. The monoisotopic (exact) mass is 889 g/mol. The first kappa shape index (κ1) is 41.2. The summed E-state index contributed by atoms with van der Waals surface area (Å²) in [6.45, 7) is 0. The zero-order valence-corrected chi connectivity index (χ0v) is 38.6. The summed E-state index contributed by atoms with van der Waals surface area (Å²) in [5.41, 5.74) is 19.8. The van der Waals surface area contributed by atoms with Crippen molar-refractivity contribution in [3.05, 3.63) is 307 Å². The van der Waals surface area contributed by atoms with Gasteiger partial charge in [0.05, 0.1) is 22.5 Å². The molecule has 0 aliphatic heterocycles. The average Bonchev–Trinajstić information content (AvgIpc) is 3.74. The van der Waals surface area contributed by atoms with E-state index in [1.165, 1.54) is 77.2 Å². The lowest BCUT2D eigenvalue weighted by atomic mass is 9.67. The molecule has 70 heavy (non-hydrogen) atoms. The SMILES string of the molecule is c1ccc(-c2cccc3cccc(-c4ccccc4N(c4ccccc4-c4ccc5c(c4)C(c4ccccc4)(c4ccccc4)c4ccccc4-5)c4ccccc4-c4cccc5ccccc45)c23)cc1. The van der Waals surface area contributed by atoms with E-state index < -0.39 is 5.41 Å². The normalized spacial score (nSPS) is 12.4. The van der Waals surface area contributed by atoms with E-state index in [0.717, 1.165) is 39.3 Å². The smallest absolute Gasteiger partial charge is 0.0713 e. The van der Waals surface area contributed by atoms with Crippen LogP contribution in [0.15, 0.2) is 285 Å². The summed E-state index contributed by atoms with van der Waals surface area (Å²) in [4.78, 5) is 2.54. The summed E-state index contributed by atoms with van der Waals surface area (Å²) in [5.74, 6) is 0. The molecular weight excluding hydrogens is 843 g/mol. The van der Waals surface area contributed by atoms with Crippen LogP contribution in [0.25, 0.3) is 77.2 Å². The molecule has 328 valence electrons. The third-order valence-electron chi connectivity index (χ3n) is 14.6. The molecule has 0 fully saturated rings. The van der Waals surface area contributed by atoms with Gasteiger partial charge in [-0.2, -0.15) is 0 Å². The van der Waals surface area contributed by atoms with Crippen molar-refractivity contribution in [3.8, 4) is 55.6 Å². The van der Waals surface area contributed by atoms with Gasteiger partial charge in [-0.1, -0.05) is 261 Å². The fraction of sp³-hybridized carbons (Fsp3) is 0.0145. The first-order valence-electron chi connectivity index (χ1n) is 24.3. The number of hydrogen-bond donors (Lipinski definition) is 0. The Morgan fingerprint density at radius 2 is 0.686 bits per heavy atom. The highest BCUT2D eigenvalue weighted by Crippen LogP contribution is 2.58. The number of nitrogens with zero attached hydrogens (tertiary/aromatic N) is 1. The molecular formula is C69H47N. The predicted octanol–water partition coefficient (Wildman–Crippen LogP) is 18.5. The molecule has 0 aromatic heterocycles. The van der Waals surface area contributed by atoms with Crippen molar-refractivity contribution in [1.29, 1.82) is 0 Å². The Hall–Kier alpha value is -9.04. The van der Waals surface area contributed by atoms with Gasteiger partial charge in [0.2, 0.25) is 0 Å². The molecule has 0 radical (unpaired) electrons. The minimum Gasteiger partial charge on any atom is -0.309 e. The van der Waals surface area contributed by atoms with Crippen molar-refractivity contribution in [2.24, 2.45) is 0 Å². The lowest BCUT2D eigenvalue weighted by Gasteiger charge is -2.34. The van der Waals surface area contributed by atoms with Gasteiger partial charge in [-0.15, -0.1) is 0 Å². The van der Waals surface area contributed by atoms with E-state index >= 15 is 0 Å². The Balaban J connectivity index is 1.09. The summed E-state index contributed by atoms with van der Waals surface area (Å²) in [6, 6.07) is 105. The lowest BCUT2D eigenvalue weighted by molar-refractivity contribution is 0.769. The molecule has 13 rings (SSSR count). The van der Waals surface area contributed by atoms with Crippen LogP contribution in [0, 0.1) is 0 Å². The lowest BCUT2D eigenvalue weighted by Crippen LogP contribution is -2.28. The number of rotatable bonds is 9. The molecule has 0 heterocycles. The second kappa shape index (κ2) is 17.2. The van der Waals surface area contributed by atoms with Crippen LogP contribution in [-0.2, 0) is 5.41 Å². The van der Waals surface area contributed by atoms with Gasteiger partial charge in [0, 0.05) is 16.7 Å². The second-order valence-electron chi connectivity index (χ2n) is 18.3. The Bertz CT molecular complexity index is 3840. The third kappa shape index (κ3) is 6.62. The number of hydrogen-bond acceptors (Lipinski definition) is 1. The van der Waals surface area contributed by atoms with Crippen LogP contribution in [0.2, 0.25) is 0 Å². The molecule has 0 N–H and O–H groups in total. The molecule has 12 aromatic carbocycles. The van der Waals surface area contributed by atoms with E-state index in [9.17, 15) is 0 Å². The fourth-order valence-electron chi connectivity index (χ4n) is 11.6.